The van der Waals surface area contributed by atoms with Crippen molar-refractivity contribution in [1.29, 1.82) is 0 Å². The Morgan fingerprint density at radius 3 is 2.50 bits per heavy atom. The maximum absolute atomic E-state index is 11.3. The number of nitrogens with one attached hydrogen (secondary N) is 2. The summed E-state index contributed by atoms with van der Waals surface area (Å²) >= 11 is 0. The van der Waals surface area contributed by atoms with E-state index in [2.05, 4.69) is 10.6 Å². The zero-order valence-corrected chi connectivity index (χ0v) is 11.4. The molecule has 0 aromatic heterocycles. The number of rotatable bonds is 5. The molecule has 0 atom stereocenters. The number of carbonyl (C=O) groups excluding carboxylic acids is 1. The Bertz CT molecular complexity index is 579. The molecule has 1 amide bonds. The third-order valence-corrected chi connectivity index (χ3v) is 3.00. The molecule has 20 heavy (non-hydrogen) atoms. The van der Waals surface area contributed by atoms with E-state index in [1.54, 1.807) is 19.2 Å². The number of carbonyl (C=O) groups is 1. The molecule has 0 aliphatic rings. The predicted octanol–water partition coefficient (Wildman–Crippen LogP) is 2.29. The molecule has 0 radical (unpaired) electrons. The first kappa shape index (κ1) is 13.9. The molecule has 0 fully saturated rings. The van der Waals surface area contributed by atoms with Crippen LogP contribution in [-0.2, 0) is 17.8 Å². The molecule has 0 spiro atoms. The Hall–Kier alpha value is -2.49. The highest BCUT2D eigenvalue weighted by atomic mass is 16.3. The van der Waals surface area contributed by atoms with Gasteiger partial charge in [-0.1, -0.05) is 24.3 Å². The van der Waals surface area contributed by atoms with Gasteiger partial charge in [0, 0.05) is 19.3 Å². The molecule has 4 nitrogen and oxygen atoms in total. The summed E-state index contributed by atoms with van der Waals surface area (Å²) in [5.74, 6) is 0.274. The molecule has 0 aliphatic heterocycles. The summed E-state index contributed by atoms with van der Waals surface area (Å²) in [5.41, 5.74) is 2.97. The molecule has 2 aromatic carbocycles. The lowest BCUT2D eigenvalue weighted by molar-refractivity contribution is -0.119. The largest absolute Gasteiger partial charge is 0.508 e. The van der Waals surface area contributed by atoms with E-state index < -0.39 is 0 Å². The van der Waals surface area contributed by atoms with Gasteiger partial charge in [0.25, 0.3) is 0 Å². The van der Waals surface area contributed by atoms with Gasteiger partial charge >= 0.3 is 0 Å². The number of anilines is 1. The smallest absolute Gasteiger partial charge is 0.224 e. The fourth-order valence-corrected chi connectivity index (χ4v) is 1.88. The van der Waals surface area contributed by atoms with Crippen molar-refractivity contribution in [3.05, 3.63) is 59.7 Å². The number of phenols is 1. The first-order chi connectivity index (χ1) is 9.67. The van der Waals surface area contributed by atoms with Crippen LogP contribution in [0.5, 0.6) is 5.75 Å². The highest BCUT2D eigenvalue weighted by Gasteiger charge is 2.01. The zero-order valence-electron chi connectivity index (χ0n) is 11.4. The van der Waals surface area contributed by atoms with Gasteiger partial charge in [-0.05, 0) is 35.4 Å². The second kappa shape index (κ2) is 6.61. The van der Waals surface area contributed by atoms with E-state index in [9.17, 15) is 9.90 Å². The average Bonchev–Trinajstić information content (AvgIpc) is 2.46. The van der Waals surface area contributed by atoms with Crippen LogP contribution in [0.25, 0.3) is 0 Å². The van der Waals surface area contributed by atoms with Crippen molar-refractivity contribution >= 4 is 11.6 Å². The Labute approximate surface area is 118 Å². The minimum Gasteiger partial charge on any atom is -0.508 e. The minimum atomic E-state index is 0.00506. The van der Waals surface area contributed by atoms with Crippen LogP contribution in [0.15, 0.2) is 48.5 Å². The molecule has 0 heterocycles. The van der Waals surface area contributed by atoms with E-state index in [1.807, 2.05) is 36.4 Å². The third kappa shape index (κ3) is 4.02. The summed E-state index contributed by atoms with van der Waals surface area (Å²) in [5, 5.41) is 15.3. The van der Waals surface area contributed by atoms with Crippen LogP contribution in [0.4, 0.5) is 5.69 Å². The summed E-state index contributed by atoms with van der Waals surface area (Å²) in [6.45, 7) is 0.642. The van der Waals surface area contributed by atoms with E-state index in [-0.39, 0.29) is 11.7 Å². The molecule has 0 unspecified atom stereocenters. The fourth-order valence-electron chi connectivity index (χ4n) is 1.88. The molecular weight excluding hydrogens is 252 g/mol. The van der Waals surface area contributed by atoms with Crippen LogP contribution < -0.4 is 10.6 Å². The maximum atomic E-state index is 11.3. The summed E-state index contributed by atoms with van der Waals surface area (Å²) < 4.78 is 0. The van der Waals surface area contributed by atoms with Gasteiger partial charge in [-0.15, -0.1) is 0 Å². The van der Waals surface area contributed by atoms with E-state index in [0.29, 0.717) is 13.0 Å². The molecule has 2 rings (SSSR count). The van der Waals surface area contributed by atoms with Gasteiger partial charge in [-0.3, -0.25) is 4.79 Å². The van der Waals surface area contributed by atoms with Crippen LogP contribution in [0.2, 0.25) is 0 Å². The quantitative estimate of drug-likeness (QED) is 0.781. The van der Waals surface area contributed by atoms with Crippen LogP contribution >= 0.6 is 0 Å². The van der Waals surface area contributed by atoms with Gasteiger partial charge in [0.15, 0.2) is 0 Å². The van der Waals surface area contributed by atoms with Crippen molar-refractivity contribution in [1.82, 2.24) is 5.32 Å². The molecule has 0 aliphatic carbocycles. The van der Waals surface area contributed by atoms with Crippen molar-refractivity contribution in [2.45, 2.75) is 13.0 Å². The SMILES string of the molecule is CNC(=O)Cc1ccc(NCc2cccc(O)c2)cc1. The lowest BCUT2D eigenvalue weighted by Crippen LogP contribution is -2.19. The lowest BCUT2D eigenvalue weighted by Gasteiger charge is -2.08. The topological polar surface area (TPSA) is 61.4 Å². The average molecular weight is 270 g/mol. The van der Waals surface area contributed by atoms with E-state index in [0.717, 1.165) is 16.8 Å². The number of likely N-dealkylation sites (N-methyl/N-ethyl adjacent to an activating group) is 1. The number of phenolic OH excluding ortho intramolecular Hbond substituents is 1. The number of hydrogen-bond acceptors (Lipinski definition) is 3. The molecular formula is C16H18N2O2. The number of aromatic hydroxyl groups is 1. The van der Waals surface area contributed by atoms with Crippen molar-refractivity contribution in [2.75, 3.05) is 12.4 Å². The normalized spacial score (nSPS) is 10.1. The summed E-state index contributed by atoms with van der Waals surface area (Å²) in [6.07, 6.45) is 0.392. The number of hydrogen-bond donors (Lipinski definition) is 3. The van der Waals surface area contributed by atoms with Crippen molar-refractivity contribution in [2.24, 2.45) is 0 Å². The van der Waals surface area contributed by atoms with Gasteiger partial charge in [-0.25, -0.2) is 0 Å². The van der Waals surface area contributed by atoms with Gasteiger partial charge in [-0.2, -0.15) is 0 Å². The molecule has 0 bridgehead atoms. The second-order valence-corrected chi connectivity index (χ2v) is 4.57. The monoisotopic (exact) mass is 270 g/mol. The molecule has 3 N–H and O–H groups in total. The molecule has 104 valence electrons. The van der Waals surface area contributed by atoms with Gasteiger partial charge in [0.2, 0.25) is 5.91 Å². The molecule has 4 heteroatoms. The van der Waals surface area contributed by atoms with Crippen LogP contribution in [0.3, 0.4) is 0 Å². The van der Waals surface area contributed by atoms with E-state index >= 15 is 0 Å². The Morgan fingerprint density at radius 1 is 1.10 bits per heavy atom. The Balaban J connectivity index is 1.92. The standard InChI is InChI=1S/C16H18N2O2/c1-17-16(20)10-12-5-7-14(8-6-12)18-11-13-3-2-4-15(19)9-13/h2-9,18-19H,10-11H2,1H3,(H,17,20). The van der Waals surface area contributed by atoms with Gasteiger partial charge in [0.1, 0.15) is 5.75 Å². The maximum Gasteiger partial charge on any atom is 0.224 e. The predicted molar refractivity (Wildman–Crippen MR) is 79.6 cm³/mol. The Kier molecular flexibility index (Phi) is 4.60. The zero-order chi connectivity index (χ0) is 14.4. The van der Waals surface area contributed by atoms with Crippen molar-refractivity contribution < 1.29 is 9.90 Å². The van der Waals surface area contributed by atoms with Crippen LogP contribution in [-0.4, -0.2) is 18.1 Å². The highest BCUT2D eigenvalue weighted by molar-refractivity contribution is 5.78. The summed E-state index contributed by atoms with van der Waals surface area (Å²) in [7, 11) is 1.63. The highest BCUT2D eigenvalue weighted by Crippen LogP contribution is 2.14. The fraction of sp³-hybridized carbons (Fsp3) is 0.188. The lowest BCUT2D eigenvalue weighted by atomic mass is 10.1. The molecule has 0 saturated heterocycles. The van der Waals surface area contributed by atoms with Crippen LogP contribution in [0, 0.1) is 0 Å². The third-order valence-electron chi connectivity index (χ3n) is 3.00. The number of amides is 1. The van der Waals surface area contributed by atoms with Crippen molar-refractivity contribution in [3.8, 4) is 5.75 Å². The molecule has 0 saturated carbocycles. The molecule has 2 aromatic rings. The Morgan fingerprint density at radius 2 is 1.85 bits per heavy atom. The second-order valence-electron chi connectivity index (χ2n) is 4.57. The van der Waals surface area contributed by atoms with Crippen LogP contribution in [0.1, 0.15) is 11.1 Å². The summed E-state index contributed by atoms with van der Waals surface area (Å²) in [6, 6.07) is 14.9. The number of benzene rings is 2. The first-order valence-electron chi connectivity index (χ1n) is 6.48. The summed E-state index contributed by atoms with van der Waals surface area (Å²) in [4.78, 5) is 11.3. The minimum absolute atomic E-state index is 0.00506. The van der Waals surface area contributed by atoms with Gasteiger partial charge < -0.3 is 15.7 Å². The van der Waals surface area contributed by atoms with Gasteiger partial charge in [0.05, 0.1) is 6.42 Å². The van der Waals surface area contributed by atoms with E-state index in [1.165, 1.54) is 0 Å². The first-order valence-corrected chi connectivity index (χ1v) is 6.48. The van der Waals surface area contributed by atoms with E-state index in [4.69, 9.17) is 0 Å². The van der Waals surface area contributed by atoms with Crippen molar-refractivity contribution in [3.63, 3.8) is 0 Å².